The Morgan fingerprint density at radius 1 is 1.26 bits per heavy atom. The summed E-state index contributed by atoms with van der Waals surface area (Å²) < 4.78 is 0. The monoisotopic (exact) mass is 262 g/mol. The molecule has 106 valence electrons. The molecule has 2 heterocycles. The number of rotatable bonds is 2. The average Bonchev–Trinajstić information content (AvgIpc) is 2.38. The van der Waals surface area contributed by atoms with E-state index in [-0.39, 0.29) is 0 Å². The second-order valence-corrected chi connectivity index (χ2v) is 6.75. The number of hydrogen-bond donors (Lipinski definition) is 1. The highest BCUT2D eigenvalue weighted by atomic mass is 16.3. The van der Waals surface area contributed by atoms with Crippen molar-refractivity contribution in [3.05, 3.63) is 23.9 Å². The highest BCUT2D eigenvalue weighted by molar-refractivity contribution is 5.40. The van der Waals surface area contributed by atoms with E-state index >= 15 is 0 Å². The predicted molar refractivity (Wildman–Crippen MR) is 79.3 cm³/mol. The van der Waals surface area contributed by atoms with Crippen LogP contribution in [0.25, 0.3) is 0 Å². The molecule has 1 aromatic heterocycles. The van der Waals surface area contributed by atoms with Crippen LogP contribution in [0.4, 0.5) is 5.82 Å². The molecule has 1 atom stereocenters. The lowest BCUT2D eigenvalue weighted by Crippen LogP contribution is -2.38. The van der Waals surface area contributed by atoms with Gasteiger partial charge in [0, 0.05) is 19.3 Å². The maximum atomic E-state index is 9.50. The van der Waals surface area contributed by atoms with Crippen molar-refractivity contribution in [1.82, 2.24) is 4.98 Å². The Kier molecular flexibility index (Phi) is 4.14. The van der Waals surface area contributed by atoms with E-state index in [0.29, 0.717) is 5.41 Å². The summed E-state index contributed by atoms with van der Waals surface area (Å²) in [4.78, 5) is 6.83. The van der Waals surface area contributed by atoms with Gasteiger partial charge in [0.2, 0.25) is 0 Å². The van der Waals surface area contributed by atoms with Crippen LogP contribution in [-0.4, -0.2) is 23.2 Å². The maximum Gasteiger partial charge on any atom is 0.128 e. The molecular formula is C16H26N2O. The van der Waals surface area contributed by atoms with Crippen molar-refractivity contribution in [3.8, 4) is 0 Å². The number of nitrogens with zero attached hydrogens (tertiary/aromatic N) is 2. The van der Waals surface area contributed by atoms with Crippen LogP contribution < -0.4 is 4.90 Å². The number of anilines is 1. The van der Waals surface area contributed by atoms with Gasteiger partial charge in [0.1, 0.15) is 5.82 Å². The van der Waals surface area contributed by atoms with Crippen molar-refractivity contribution in [2.45, 2.75) is 46.6 Å². The fourth-order valence-corrected chi connectivity index (χ4v) is 2.81. The molecule has 1 aromatic rings. The van der Waals surface area contributed by atoms with Crippen molar-refractivity contribution < 1.29 is 5.11 Å². The summed E-state index contributed by atoms with van der Waals surface area (Å²) in [5, 5.41) is 9.50. The lowest BCUT2D eigenvalue weighted by atomic mass is 9.75. The van der Waals surface area contributed by atoms with E-state index in [9.17, 15) is 5.11 Å². The summed E-state index contributed by atoms with van der Waals surface area (Å²) in [5.41, 5.74) is 1.30. The van der Waals surface area contributed by atoms with E-state index in [1.165, 1.54) is 12.8 Å². The van der Waals surface area contributed by atoms with Gasteiger partial charge in [-0.25, -0.2) is 4.98 Å². The first-order valence-corrected chi connectivity index (χ1v) is 7.27. The molecule has 0 saturated carbocycles. The lowest BCUT2D eigenvalue weighted by molar-refractivity contribution is 0.197. The minimum absolute atomic E-state index is 0.412. The highest BCUT2D eigenvalue weighted by Crippen LogP contribution is 2.35. The Balaban J connectivity index is 1.98. The smallest absolute Gasteiger partial charge is 0.128 e. The minimum atomic E-state index is -0.437. The van der Waals surface area contributed by atoms with Crippen LogP contribution >= 0.6 is 0 Å². The van der Waals surface area contributed by atoms with Crippen LogP contribution in [0.1, 0.15) is 52.2 Å². The van der Waals surface area contributed by atoms with Crippen LogP contribution in [0, 0.1) is 11.3 Å². The normalized spacial score (nSPS) is 19.5. The van der Waals surface area contributed by atoms with Gasteiger partial charge in [-0.1, -0.05) is 26.8 Å². The molecule has 0 bridgehead atoms. The topological polar surface area (TPSA) is 36.4 Å². The van der Waals surface area contributed by atoms with Crippen LogP contribution in [-0.2, 0) is 0 Å². The highest BCUT2D eigenvalue weighted by Gasteiger charge is 2.29. The van der Waals surface area contributed by atoms with Gasteiger partial charge in [-0.05, 0) is 42.7 Å². The van der Waals surface area contributed by atoms with E-state index in [0.717, 1.165) is 30.4 Å². The zero-order chi connectivity index (χ0) is 14.0. The zero-order valence-corrected chi connectivity index (χ0v) is 12.6. The fourth-order valence-electron chi connectivity index (χ4n) is 2.81. The Bertz CT molecular complexity index is 398. The first-order valence-electron chi connectivity index (χ1n) is 7.27. The van der Waals surface area contributed by atoms with Gasteiger partial charge < -0.3 is 10.0 Å². The maximum absolute atomic E-state index is 9.50. The third-order valence-corrected chi connectivity index (χ3v) is 4.30. The SMILES string of the molecule is C[C@@H](O)c1ccc(N2CCC(C(C)(C)C)CC2)nc1. The number of piperidine rings is 1. The summed E-state index contributed by atoms with van der Waals surface area (Å²) in [6.45, 7) is 11.0. The van der Waals surface area contributed by atoms with Crippen molar-refractivity contribution >= 4 is 5.82 Å². The molecule has 0 radical (unpaired) electrons. The van der Waals surface area contributed by atoms with Crippen molar-refractivity contribution in [2.75, 3.05) is 18.0 Å². The summed E-state index contributed by atoms with van der Waals surface area (Å²) in [7, 11) is 0. The van der Waals surface area contributed by atoms with Gasteiger partial charge in [-0.15, -0.1) is 0 Å². The second-order valence-electron chi connectivity index (χ2n) is 6.75. The summed E-state index contributed by atoms with van der Waals surface area (Å²) in [6, 6.07) is 4.00. The zero-order valence-electron chi connectivity index (χ0n) is 12.6. The van der Waals surface area contributed by atoms with Gasteiger partial charge in [0.25, 0.3) is 0 Å². The number of pyridine rings is 1. The van der Waals surface area contributed by atoms with E-state index in [4.69, 9.17) is 0 Å². The van der Waals surface area contributed by atoms with E-state index < -0.39 is 6.10 Å². The number of hydrogen-bond acceptors (Lipinski definition) is 3. The van der Waals surface area contributed by atoms with E-state index in [1.54, 1.807) is 13.1 Å². The summed E-state index contributed by atoms with van der Waals surface area (Å²) in [5.74, 6) is 1.84. The Labute approximate surface area is 116 Å². The lowest BCUT2D eigenvalue weighted by Gasteiger charge is -2.39. The second kappa shape index (κ2) is 5.49. The van der Waals surface area contributed by atoms with E-state index in [1.807, 2.05) is 12.1 Å². The molecule has 0 spiro atoms. The Morgan fingerprint density at radius 2 is 1.89 bits per heavy atom. The molecule has 1 saturated heterocycles. The van der Waals surface area contributed by atoms with Crippen molar-refractivity contribution in [3.63, 3.8) is 0 Å². The summed E-state index contributed by atoms with van der Waals surface area (Å²) >= 11 is 0. The minimum Gasteiger partial charge on any atom is -0.389 e. The van der Waals surface area contributed by atoms with Crippen LogP contribution in [0.15, 0.2) is 18.3 Å². The largest absolute Gasteiger partial charge is 0.389 e. The predicted octanol–water partition coefficient (Wildman–Crippen LogP) is 3.40. The van der Waals surface area contributed by atoms with Crippen LogP contribution in [0.5, 0.6) is 0 Å². The molecule has 0 amide bonds. The molecule has 1 N–H and O–H groups in total. The molecule has 1 aliphatic rings. The standard InChI is InChI=1S/C16H26N2O/c1-12(19)13-5-6-15(17-11-13)18-9-7-14(8-10-18)16(2,3)4/h5-6,11-12,14,19H,7-10H2,1-4H3/t12-/m1/s1. The molecule has 1 aliphatic heterocycles. The molecule has 3 heteroatoms. The van der Waals surface area contributed by atoms with Crippen molar-refractivity contribution in [1.29, 1.82) is 0 Å². The van der Waals surface area contributed by atoms with Crippen molar-refractivity contribution in [2.24, 2.45) is 11.3 Å². The molecule has 3 nitrogen and oxygen atoms in total. The average molecular weight is 262 g/mol. The molecular weight excluding hydrogens is 236 g/mol. The summed E-state index contributed by atoms with van der Waals surface area (Å²) in [6.07, 6.45) is 3.83. The van der Waals surface area contributed by atoms with Gasteiger partial charge in [-0.3, -0.25) is 0 Å². The van der Waals surface area contributed by atoms with Crippen LogP contribution in [0.3, 0.4) is 0 Å². The molecule has 0 unspecified atom stereocenters. The third kappa shape index (κ3) is 3.47. The third-order valence-electron chi connectivity index (χ3n) is 4.30. The Morgan fingerprint density at radius 3 is 2.32 bits per heavy atom. The first-order chi connectivity index (χ1) is 8.88. The molecule has 0 aliphatic carbocycles. The molecule has 1 fully saturated rings. The molecule has 0 aromatic carbocycles. The van der Waals surface area contributed by atoms with Crippen LogP contribution in [0.2, 0.25) is 0 Å². The number of aromatic nitrogens is 1. The molecule has 19 heavy (non-hydrogen) atoms. The van der Waals surface area contributed by atoms with Gasteiger partial charge in [-0.2, -0.15) is 0 Å². The van der Waals surface area contributed by atoms with Gasteiger partial charge >= 0.3 is 0 Å². The quantitative estimate of drug-likeness (QED) is 0.887. The Hall–Kier alpha value is -1.09. The first kappa shape index (κ1) is 14.3. The number of aliphatic hydroxyl groups is 1. The fraction of sp³-hybridized carbons (Fsp3) is 0.688. The van der Waals surface area contributed by atoms with E-state index in [2.05, 4.69) is 30.7 Å². The van der Waals surface area contributed by atoms with Gasteiger partial charge in [0.05, 0.1) is 6.10 Å². The number of aliphatic hydroxyl groups excluding tert-OH is 1. The molecule has 2 rings (SSSR count). The van der Waals surface area contributed by atoms with Gasteiger partial charge in [0.15, 0.2) is 0 Å².